The molecule has 0 aliphatic carbocycles. The second-order valence-corrected chi connectivity index (χ2v) is 8.13. The van der Waals surface area contributed by atoms with Gasteiger partial charge in [0.1, 0.15) is 17.7 Å². The molecule has 0 unspecified atom stereocenters. The van der Waals surface area contributed by atoms with Crippen LogP contribution in [0.15, 0.2) is 42.5 Å². The molecule has 3 amide bonds. The van der Waals surface area contributed by atoms with Crippen LogP contribution in [0.25, 0.3) is 0 Å². The van der Waals surface area contributed by atoms with Crippen molar-refractivity contribution in [3.8, 4) is 5.75 Å². The maximum atomic E-state index is 13.3. The molecule has 158 valence electrons. The van der Waals surface area contributed by atoms with Crippen molar-refractivity contribution in [2.45, 2.75) is 25.9 Å². The number of ether oxygens (including phenoxy) is 1. The highest BCUT2D eigenvalue weighted by Crippen LogP contribution is 2.36. The molecule has 2 aromatic carbocycles. The molecule has 0 aromatic heterocycles. The maximum Gasteiger partial charge on any atom is 0.324 e. The summed E-state index contributed by atoms with van der Waals surface area (Å²) >= 11 is 6.12. The maximum absolute atomic E-state index is 13.3. The first-order valence-corrected chi connectivity index (χ1v) is 10.4. The summed E-state index contributed by atoms with van der Waals surface area (Å²) < 4.78 is 19.1. The Labute approximate surface area is 179 Å². The molecule has 1 atom stereocenters. The number of amides is 3. The summed E-state index contributed by atoms with van der Waals surface area (Å²) in [4.78, 5) is 29.2. The van der Waals surface area contributed by atoms with Crippen LogP contribution in [0.3, 0.4) is 0 Å². The fourth-order valence-electron chi connectivity index (χ4n) is 3.91. The van der Waals surface area contributed by atoms with E-state index >= 15 is 0 Å². The van der Waals surface area contributed by atoms with Gasteiger partial charge in [0.25, 0.3) is 0 Å². The zero-order chi connectivity index (χ0) is 21.3. The van der Waals surface area contributed by atoms with Gasteiger partial charge in [0, 0.05) is 29.7 Å². The Bertz CT molecular complexity index is 962. The average Bonchev–Trinajstić information content (AvgIpc) is 2.73. The van der Waals surface area contributed by atoms with Crippen molar-refractivity contribution in [1.29, 1.82) is 0 Å². The minimum absolute atomic E-state index is 0.113. The predicted molar refractivity (Wildman–Crippen MR) is 114 cm³/mol. The van der Waals surface area contributed by atoms with Gasteiger partial charge in [-0.2, -0.15) is 0 Å². The van der Waals surface area contributed by atoms with Crippen molar-refractivity contribution >= 4 is 34.9 Å². The van der Waals surface area contributed by atoms with Crippen LogP contribution in [0.5, 0.6) is 5.75 Å². The van der Waals surface area contributed by atoms with Crippen LogP contribution in [0.4, 0.5) is 20.6 Å². The first-order valence-electron chi connectivity index (χ1n) is 10.00. The minimum Gasteiger partial charge on any atom is -0.487 e. The highest BCUT2D eigenvalue weighted by atomic mass is 35.5. The number of nitrogens with one attached hydrogen (secondary N) is 1. The first-order chi connectivity index (χ1) is 14.4. The number of urea groups is 1. The second kappa shape index (κ2) is 8.52. The highest BCUT2D eigenvalue weighted by Gasteiger charge is 2.34. The number of likely N-dealkylation sites (tertiary alicyclic amines) is 1. The minimum atomic E-state index is -0.395. The Kier molecular flexibility index (Phi) is 5.81. The number of nitrogens with zero attached hydrogens (tertiary/aromatic N) is 2. The molecule has 8 heteroatoms. The molecule has 1 fully saturated rings. The van der Waals surface area contributed by atoms with Gasteiger partial charge in [0.2, 0.25) is 5.91 Å². The summed E-state index contributed by atoms with van der Waals surface area (Å²) in [6.07, 6.45) is 0.974. The van der Waals surface area contributed by atoms with Crippen LogP contribution in [0.1, 0.15) is 19.8 Å². The van der Waals surface area contributed by atoms with Crippen molar-refractivity contribution in [3.63, 3.8) is 0 Å². The molecule has 1 saturated heterocycles. The molecule has 30 heavy (non-hydrogen) atoms. The Morgan fingerprint density at radius 2 is 1.93 bits per heavy atom. The van der Waals surface area contributed by atoms with Gasteiger partial charge < -0.3 is 15.0 Å². The Morgan fingerprint density at radius 3 is 2.67 bits per heavy atom. The number of rotatable bonds is 2. The van der Waals surface area contributed by atoms with Gasteiger partial charge in [-0.15, -0.1) is 0 Å². The van der Waals surface area contributed by atoms with Crippen LogP contribution < -0.4 is 15.0 Å². The van der Waals surface area contributed by atoms with E-state index in [4.69, 9.17) is 16.3 Å². The third-order valence-electron chi connectivity index (χ3n) is 5.44. The van der Waals surface area contributed by atoms with Crippen LogP contribution >= 0.6 is 11.6 Å². The third kappa shape index (κ3) is 4.36. The molecule has 2 aliphatic heterocycles. The largest absolute Gasteiger partial charge is 0.487 e. The monoisotopic (exact) mass is 431 g/mol. The number of benzene rings is 2. The second-order valence-electron chi connectivity index (χ2n) is 7.69. The van der Waals surface area contributed by atoms with E-state index in [0.717, 1.165) is 0 Å². The molecule has 0 radical (unpaired) electrons. The molecule has 2 aromatic rings. The van der Waals surface area contributed by atoms with Crippen LogP contribution in [-0.2, 0) is 4.79 Å². The molecule has 1 N–H and O–H groups in total. The number of carbonyl (C=O) groups excluding carboxylic acids is 2. The molecule has 0 bridgehead atoms. The van der Waals surface area contributed by atoms with E-state index in [-0.39, 0.29) is 24.0 Å². The normalized spacial score (nSPS) is 19.1. The van der Waals surface area contributed by atoms with Crippen molar-refractivity contribution in [2.75, 3.05) is 29.9 Å². The zero-order valence-corrected chi connectivity index (χ0v) is 17.4. The van der Waals surface area contributed by atoms with Gasteiger partial charge in [-0.25, -0.2) is 9.18 Å². The standard InChI is InChI=1S/C22H23ClFN3O3/c1-14-13-27(19-11-16(23)5-6-20(19)30-14)22(29)26-9-7-15(8-10-26)21(28)25-18-4-2-3-17(24)12-18/h2-6,11-12,14-15H,7-10,13H2,1H3,(H,25,28)/t14-/m1/s1. The summed E-state index contributed by atoms with van der Waals surface area (Å²) in [7, 11) is 0. The smallest absolute Gasteiger partial charge is 0.324 e. The van der Waals surface area contributed by atoms with Gasteiger partial charge in [-0.05, 0) is 56.2 Å². The van der Waals surface area contributed by atoms with Gasteiger partial charge in [0.15, 0.2) is 0 Å². The fourth-order valence-corrected chi connectivity index (χ4v) is 4.07. The lowest BCUT2D eigenvalue weighted by molar-refractivity contribution is -0.121. The number of anilines is 2. The summed E-state index contributed by atoms with van der Waals surface area (Å²) in [6.45, 7) is 3.30. The number of piperidine rings is 1. The lowest BCUT2D eigenvalue weighted by atomic mass is 9.96. The molecule has 0 spiro atoms. The quantitative estimate of drug-likeness (QED) is 0.759. The summed E-state index contributed by atoms with van der Waals surface area (Å²) in [5.41, 5.74) is 1.10. The lowest BCUT2D eigenvalue weighted by Gasteiger charge is -2.39. The van der Waals surface area contributed by atoms with E-state index in [1.165, 1.54) is 12.1 Å². The summed E-state index contributed by atoms with van der Waals surface area (Å²) in [5, 5.41) is 3.30. The molecule has 2 aliphatic rings. The predicted octanol–water partition coefficient (Wildman–Crippen LogP) is 4.54. The summed E-state index contributed by atoms with van der Waals surface area (Å²) in [6, 6.07) is 11.0. The molecular weight excluding hydrogens is 409 g/mol. The van der Waals surface area contributed by atoms with Crippen LogP contribution in [0.2, 0.25) is 5.02 Å². The van der Waals surface area contributed by atoms with Gasteiger partial charge >= 0.3 is 6.03 Å². The number of carbonyl (C=O) groups is 2. The Balaban J connectivity index is 1.39. The first kappa shape index (κ1) is 20.5. The van der Waals surface area contributed by atoms with Gasteiger partial charge in [-0.3, -0.25) is 9.69 Å². The van der Waals surface area contributed by atoms with E-state index in [1.807, 2.05) is 6.92 Å². The topological polar surface area (TPSA) is 61.9 Å². The summed E-state index contributed by atoms with van der Waals surface area (Å²) in [5.74, 6) is -0.128. The fraction of sp³-hybridized carbons (Fsp3) is 0.364. The lowest BCUT2D eigenvalue weighted by Crippen LogP contribution is -2.51. The average molecular weight is 432 g/mol. The van der Waals surface area contributed by atoms with Crippen molar-refractivity contribution in [2.24, 2.45) is 5.92 Å². The number of hydrogen-bond donors (Lipinski definition) is 1. The van der Waals surface area contributed by atoms with Crippen LogP contribution in [-0.4, -0.2) is 42.6 Å². The van der Waals surface area contributed by atoms with E-state index in [9.17, 15) is 14.0 Å². The molecule has 6 nitrogen and oxygen atoms in total. The number of hydrogen-bond acceptors (Lipinski definition) is 3. The van der Waals surface area contributed by atoms with Crippen molar-refractivity contribution in [1.82, 2.24) is 4.90 Å². The van der Waals surface area contributed by atoms with E-state index in [1.54, 1.807) is 40.1 Å². The van der Waals surface area contributed by atoms with Gasteiger partial charge in [-0.1, -0.05) is 17.7 Å². The zero-order valence-electron chi connectivity index (χ0n) is 16.6. The molecular formula is C22H23ClFN3O3. The molecule has 0 saturated carbocycles. The van der Waals surface area contributed by atoms with E-state index < -0.39 is 5.82 Å². The third-order valence-corrected chi connectivity index (χ3v) is 5.67. The molecule has 2 heterocycles. The SMILES string of the molecule is C[C@@H]1CN(C(=O)N2CCC(C(=O)Nc3cccc(F)c3)CC2)c2cc(Cl)ccc2O1. The van der Waals surface area contributed by atoms with Crippen molar-refractivity contribution < 1.29 is 18.7 Å². The van der Waals surface area contributed by atoms with E-state index in [2.05, 4.69) is 5.32 Å². The number of halogens is 2. The Hall–Kier alpha value is -2.80. The van der Waals surface area contributed by atoms with E-state index in [0.29, 0.717) is 54.6 Å². The Morgan fingerprint density at radius 1 is 1.17 bits per heavy atom. The van der Waals surface area contributed by atoms with Crippen molar-refractivity contribution in [3.05, 3.63) is 53.3 Å². The van der Waals surface area contributed by atoms with Crippen LogP contribution in [0, 0.1) is 11.7 Å². The molecule has 4 rings (SSSR count). The highest BCUT2D eigenvalue weighted by molar-refractivity contribution is 6.31. The van der Waals surface area contributed by atoms with Gasteiger partial charge in [0.05, 0.1) is 12.2 Å². The number of fused-ring (bicyclic) bond motifs is 1.